The van der Waals surface area contributed by atoms with Crippen LogP contribution in [0.3, 0.4) is 0 Å². The average Bonchev–Trinajstić information content (AvgIpc) is 2.20. The maximum absolute atomic E-state index is 3.88. The second-order valence-electron chi connectivity index (χ2n) is 3.83. The molecule has 0 saturated carbocycles. The van der Waals surface area contributed by atoms with E-state index in [1.807, 2.05) is 24.3 Å². The van der Waals surface area contributed by atoms with Crippen LogP contribution >= 0.6 is 0 Å². The molecule has 0 aliphatic carbocycles. The van der Waals surface area contributed by atoms with E-state index in [0.29, 0.717) is 12.1 Å². The third-order valence-electron chi connectivity index (χ3n) is 2.00. The molecule has 0 rings (SSSR count). The fourth-order valence-corrected chi connectivity index (χ4v) is 1.14. The standard InChI is InChI=1S/2C7H13N.2ClH/c2*1-3-5-7(8)6-4-2;;/h2*3-4,7H,1-2,5-6,8H2;2*1H. The zero-order chi connectivity index (χ0) is 12.8. The predicted molar refractivity (Wildman–Crippen MR) is 72.6 cm³/mol. The second kappa shape index (κ2) is 21.7. The third kappa shape index (κ3) is 24.6. The first-order chi connectivity index (χ1) is 7.62. The lowest BCUT2D eigenvalue weighted by Gasteiger charge is -1.98. The third-order valence-corrected chi connectivity index (χ3v) is 2.00. The summed E-state index contributed by atoms with van der Waals surface area (Å²) in [6.07, 6.45) is 11.5. The molecule has 0 unspecified atom stereocenters. The van der Waals surface area contributed by atoms with E-state index >= 15 is 0 Å². The zero-order valence-electron chi connectivity index (χ0n) is 11.3. The van der Waals surface area contributed by atoms with Gasteiger partial charge in [-0.05, 0) is 0 Å². The summed E-state index contributed by atoms with van der Waals surface area (Å²) in [6.45, 7) is 14.4. The van der Waals surface area contributed by atoms with E-state index in [1.165, 1.54) is 0 Å². The van der Waals surface area contributed by atoms with Crippen LogP contribution in [-0.2, 0) is 0 Å². The minimum absolute atomic E-state index is 0. The van der Waals surface area contributed by atoms with E-state index < -0.39 is 0 Å². The normalized spacial score (nSPS) is 8.22. The van der Waals surface area contributed by atoms with Crippen molar-refractivity contribution in [3.8, 4) is 0 Å². The lowest BCUT2D eigenvalue weighted by Crippen LogP contribution is -3.00. The van der Waals surface area contributed by atoms with Gasteiger partial charge in [-0.2, -0.15) is 0 Å². The fraction of sp³-hybridized carbons (Fsp3) is 0.429. The van der Waals surface area contributed by atoms with Gasteiger partial charge in [0.15, 0.2) is 0 Å². The molecule has 0 aromatic rings. The largest absolute Gasteiger partial charge is 1.00 e. The highest BCUT2D eigenvalue weighted by Crippen LogP contribution is 1.92. The smallest absolute Gasteiger partial charge is 0.0913 e. The number of halogens is 2. The highest BCUT2D eigenvalue weighted by molar-refractivity contribution is 4.78. The molecule has 2 nitrogen and oxygen atoms in total. The topological polar surface area (TPSA) is 55.3 Å². The summed E-state index contributed by atoms with van der Waals surface area (Å²) < 4.78 is 0. The van der Waals surface area contributed by atoms with Crippen molar-refractivity contribution in [3.05, 3.63) is 50.6 Å². The van der Waals surface area contributed by atoms with Crippen molar-refractivity contribution in [2.24, 2.45) is 0 Å². The molecule has 6 N–H and O–H groups in total. The van der Waals surface area contributed by atoms with Crippen LogP contribution in [0.1, 0.15) is 25.7 Å². The van der Waals surface area contributed by atoms with Gasteiger partial charge in [0, 0.05) is 25.7 Å². The molecule has 0 atom stereocenters. The van der Waals surface area contributed by atoms with E-state index in [1.54, 1.807) is 0 Å². The number of hydrogen-bond acceptors (Lipinski definition) is 0. The van der Waals surface area contributed by atoms with Gasteiger partial charge in [0.1, 0.15) is 0 Å². The van der Waals surface area contributed by atoms with Crippen LogP contribution < -0.4 is 36.3 Å². The molecular weight excluding hydrogens is 267 g/mol. The highest BCUT2D eigenvalue weighted by Gasteiger charge is 1.97. The Kier molecular flexibility index (Phi) is 31.5. The Morgan fingerprint density at radius 3 is 0.889 bits per heavy atom. The minimum Gasteiger partial charge on any atom is -1.00 e. The zero-order valence-corrected chi connectivity index (χ0v) is 12.8. The summed E-state index contributed by atoms with van der Waals surface area (Å²) in [4.78, 5) is 0. The van der Waals surface area contributed by atoms with E-state index in [9.17, 15) is 0 Å². The SMILES string of the molecule is C=CCC([NH3+])CC=C.C=CCC([NH3+])CC=C.[Cl-].[Cl-]. The molecule has 0 fully saturated rings. The Morgan fingerprint density at radius 2 is 0.778 bits per heavy atom. The van der Waals surface area contributed by atoms with E-state index in [2.05, 4.69) is 37.8 Å². The van der Waals surface area contributed by atoms with E-state index in [4.69, 9.17) is 0 Å². The van der Waals surface area contributed by atoms with Crippen LogP contribution in [0, 0.1) is 0 Å². The van der Waals surface area contributed by atoms with Crippen LogP contribution in [-0.4, -0.2) is 12.1 Å². The van der Waals surface area contributed by atoms with Crippen molar-refractivity contribution in [2.45, 2.75) is 37.8 Å². The summed E-state index contributed by atoms with van der Waals surface area (Å²) in [7, 11) is 0. The molecule has 0 aliphatic rings. The monoisotopic (exact) mass is 294 g/mol. The van der Waals surface area contributed by atoms with Gasteiger partial charge in [0.2, 0.25) is 0 Å². The minimum atomic E-state index is 0. The maximum Gasteiger partial charge on any atom is 0.0913 e. The molecule has 0 heterocycles. The van der Waals surface area contributed by atoms with Crippen molar-refractivity contribution < 1.29 is 36.3 Å². The van der Waals surface area contributed by atoms with Crippen molar-refractivity contribution >= 4 is 0 Å². The van der Waals surface area contributed by atoms with Gasteiger partial charge in [0.05, 0.1) is 12.1 Å². The molecule has 0 spiro atoms. The van der Waals surface area contributed by atoms with Crippen LogP contribution in [0.2, 0.25) is 0 Å². The first kappa shape index (κ1) is 26.1. The molecule has 0 amide bonds. The van der Waals surface area contributed by atoms with Gasteiger partial charge in [-0.3, -0.25) is 0 Å². The molecule has 0 aliphatic heterocycles. The predicted octanol–water partition coefficient (Wildman–Crippen LogP) is -4.49. The Labute approximate surface area is 125 Å². The van der Waals surface area contributed by atoms with Crippen molar-refractivity contribution in [2.75, 3.05) is 0 Å². The molecule has 18 heavy (non-hydrogen) atoms. The van der Waals surface area contributed by atoms with Crippen molar-refractivity contribution in [3.63, 3.8) is 0 Å². The van der Waals surface area contributed by atoms with Gasteiger partial charge in [-0.15, -0.1) is 26.3 Å². The molecular formula is C14H28Cl2N2. The van der Waals surface area contributed by atoms with Gasteiger partial charge in [0.25, 0.3) is 0 Å². The van der Waals surface area contributed by atoms with Gasteiger partial charge in [-0.25, -0.2) is 0 Å². The first-order valence-electron chi connectivity index (χ1n) is 5.72. The Morgan fingerprint density at radius 1 is 0.611 bits per heavy atom. The molecule has 0 radical (unpaired) electrons. The van der Waals surface area contributed by atoms with Gasteiger partial charge < -0.3 is 36.3 Å². The van der Waals surface area contributed by atoms with Crippen molar-refractivity contribution in [1.82, 2.24) is 0 Å². The Bertz CT molecular complexity index is 164. The van der Waals surface area contributed by atoms with E-state index in [-0.39, 0.29) is 24.8 Å². The van der Waals surface area contributed by atoms with Crippen LogP contribution in [0.25, 0.3) is 0 Å². The molecule has 108 valence electrons. The molecule has 0 aromatic carbocycles. The average molecular weight is 295 g/mol. The lowest BCUT2D eigenvalue weighted by molar-refractivity contribution is -0.417. The van der Waals surface area contributed by atoms with Gasteiger partial charge in [-0.1, -0.05) is 24.3 Å². The molecule has 0 bridgehead atoms. The first-order valence-corrected chi connectivity index (χ1v) is 5.72. The maximum atomic E-state index is 3.88. The Hall–Kier alpha value is -0.540. The molecule has 0 saturated heterocycles. The van der Waals surface area contributed by atoms with E-state index in [0.717, 1.165) is 25.7 Å². The van der Waals surface area contributed by atoms with Crippen molar-refractivity contribution in [1.29, 1.82) is 0 Å². The summed E-state index contributed by atoms with van der Waals surface area (Å²) in [6, 6.07) is 0.954. The van der Waals surface area contributed by atoms with Crippen LogP contribution in [0.4, 0.5) is 0 Å². The lowest BCUT2D eigenvalue weighted by atomic mass is 10.1. The fourth-order valence-electron chi connectivity index (χ4n) is 1.14. The summed E-state index contributed by atoms with van der Waals surface area (Å²) >= 11 is 0. The number of quaternary nitrogens is 2. The van der Waals surface area contributed by atoms with Gasteiger partial charge >= 0.3 is 0 Å². The van der Waals surface area contributed by atoms with Crippen LogP contribution in [0.15, 0.2) is 50.6 Å². The highest BCUT2D eigenvalue weighted by atomic mass is 35.5. The second-order valence-corrected chi connectivity index (χ2v) is 3.83. The summed E-state index contributed by atoms with van der Waals surface area (Å²) in [5, 5.41) is 0. The number of rotatable bonds is 8. The molecule has 4 heteroatoms. The Balaban J connectivity index is -0.0000000980. The summed E-state index contributed by atoms with van der Waals surface area (Å²) in [5.41, 5.74) is 7.75. The molecule has 0 aromatic heterocycles. The van der Waals surface area contributed by atoms with Crippen LogP contribution in [0.5, 0.6) is 0 Å². The quantitative estimate of drug-likeness (QED) is 0.424. The summed E-state index contributed by atoms with van der Waals surface area (Å²) in [5.74, 6) is 0. The number of hydrogen-bond donors (Lipinski definition) is 2.